The molecular weight excluding hydrogens is 220 g/mol. The van der Waals surface area contributed by atoms with Gasteiger partial charge >= 0.3 is 0 Å². The van der Waals surface area contributed by atoms with Crippen LogP contribution in [0.1, 0.15) is 57.8 Å². The molecule has 104 valence electrons. The highest BCUT2D eigenvalue weighted by Gasteiger charge is 2.31. The van der Waals surface area contributed by atoms with Gasteiger partial charge in [0.1, 0.15) is 0 Å². The second-order valence-electron chi connectivity index (χ2n) is 7.17. The molecule has 0 amide bonds. The van der Waals surface area contributed by atoms with Crippen LogP contribution in [0.25, 0.3) is 0 Å². The zero-order valence-corrected chi connectivity index (χ0v) is 11.8. The number of nitrogens with zero attached hydrogens (tertiary/aromatic N) is 1. The Bertz CT molecular complexity index is 238. The minimum absolute atomic E-state index is 0.447. The molecule has 0 aromatic rings. The van der Waals surface area contributed by atoms with Crippen molar-refractivity contribution in [1.82, 2.24) is 4.90 Å². The van der Waals surface area contributed by atoms with Gasteiger partial charge in [0.15, 0.2) is 0 Å². The average Bonchev–Trinajstić information content (AvgIpc) is 3.26. The summed E-state index contributed by atoms with van der Waals surface area (Å²) in [6.45, 7) is 3.87. The topological polar surface area (TPSA) is 29.3 Å². The molecule has 18 heavy (non-hydrogen) atoms. The van der Waals surface area contributed by atoms with E-state index in [1.54, 1.807) is 0 Å². The largest absolute Gasteiger partial charge is 0.326 e. The van der Waals surface area contributed by atoms with Crippen molar-refractivity contribution in [3.8, 4) is 0 Å². The molecule has 0 aromatic heterocycles. The molecule has 0 spiro atoms. The molecule has 3 saturated carbocycles. The van der Waals surface area contributed by atoms with E-state index in [0.717, 1.165) is 17.8 Å². The van der Waals surface area contributed by atoms with Gasteiger partial charge in [0.2, 0.25) is 0 Å². The highest BCUT2D eigenvalue weighted by atomic mass is 15.1. The monoisotopic (exact) mass is 250 g/mol. The Labute approximate surface area is 112 Å². The lowest BCUT2D eigenvalue weighted by molar-refractivity contribution is 0.194. The van der Waals surface area contributed by atoms with Gasteiger partial charge in [-0.1, -0.05) is 19.3 Å². The second-order valence-corrected chi connectivity index (χ2v) is 7.17. The molecule has 0 saturated heterocycles. The summed E-state index contributed by atoms with van der Waals surface area (Å²) in [5.74, 6) is 2.85. The Morgan fingerprint density at radius 3 is 1.89 bits per heavy atom. The van der Waals surface area contributed by atoms with Gasteiger partial charge in [-0.05, 0) is 56.3 Å². The maximum Gasteiger partial charge on any atom is 0.0196 e. The van der Waals surface area contributed by atoms with Crippen LogP contribution in [0.3, 0.4) is 0 Å². The fourth-order valence-corrected chi connectivity index (χ4v) is 3.56. The van der Waals surface area contributed by atoms with Gasteiger partial charge in [-0.3, -0.25) is 0 Å². The van der Waals surface area contributed by atoms with Gasteiger partial charge < -0.3 is 10.6 Å². The molecule has 0 aromatic carbocycles. The summed E-state index contributed by atoms with van der Waals surface area (Å²) in [6, 6.07) is 0.447. The molecule has 0 aliphatic heterocycles. The smallest absolute Gasteiger partial charge is 0.0196 e. The van der Waals surface area contributed by atoms with Crippen LogP contribution >= 0.6 is 0 Å². The molecule has 3 aliphatic rings. The van der Waals surface area contributed by atoms with Crippen LogP contribution in [0.2, 0.25) is 0 Å². The first-order valence-corrected chi connectivity index (χ1v) is 8.29. The van der Waals surface area contributed by atoms with E-state index >= 15 is 0 Å². The minimum atomic E-state index is 0.447. The van der Waals surface area contributed by atoms with Crippen molar-refractivity contribution in [3.05, 3.63) is 0 Å². The fraction of sp³-hybridized carbons (Fsp3) is 1.00. The summed E-state index contributed by atoms with van der Waals surface area (Å²) in [7, 11) is 0. The summed E-state index contributed by atoms with van der Waals surface area (Å²) in [5, 5.41) is 0. The Kier molecular flexibility index (Phi) is 4.25. The van der Waals surface area contributed by atoms with E-state index < -0.39 is 0 Å². The zero-order chi connectivity index (χ0) is 12.4. The highest BCUT2D eigenvalue weighted by molar-refractivity contribution is 4.86. The predicted octanol–water partition coefficient (Wildman–Crippen LogP) is 3.02. The van der Waals surface area contributed by atoms with Gasteiger partial charge in [-0.2, -0.15) is 0 Å². The van der Waals surface area contributed by atoms with Crippen LogP contribution in [-0.2, 0) is 0 Å². The van der Waals surface area contributed by atoms with Gasteiger partial charge in [0.05, 0.1) is 0 Å². The first-order valence-electron chi connectivity index (χ1n) is 8.29. The molecular formula is C16H30N2. The quantitative estimate of drug-likeness (QED) is 0.752. The molecule has 3 fully saturated rings. The van der Waals surface area contributed by atoms with Gasteiger partial charge in [0, 0.05) is 25.7 Å². The lowest BCUT2D eigenvalue weighted by Gasteiger charge is -2.32. The molecule has 2 N–H and O–H groups in total. The third-order valence-electron chi connectivity index (χ3n) is 5.15. The Morgan fingerprint density at radius 2 is 1.39 bits per heavy atom. The van der Waals surface area contributed by atoms with Crippen molar-refractivity contribution in [1.29, 1.82) is 0 Å². The zero-order valence-electron chi connectivity index (χ0n) is 11.8. The standard InChI is InChI=1S/C16H30N2/c17-16(15-4-2-1-3-5-15)12-18(10-13-6-7-13)11-14-8-9-14/h13-16H,1-12,17H2. The Morgan fingerprint density at radius 1 is 0.833 bits per heavy atom. The van der Waals surface area contributed by atoms with Crippen molar-refractivity contribution in [2.75, 3.05) is 19.6 Å². The van der Waals surface area contributed by atoms with E-state index in [1.807, 2.05) is 0 Å². The van der Waals surface area contributed by atoms with Crippen LogP contribution in [0.5, 0.6) is 0 Å². The molecule has 2 nitrogen and oxygen atoms in total. The van der Waals surface area contributed by atoms with E-state index in [4.69, 9.17) is 5.73 Å². The molecule has 0 radical (unpaired) electrons. The molecule has 1 atom stereocenters. The van der Waals surface area contributed by atoms with Crippen molar-refractivity contribution in [2.45, 2.75) is 63.8 Å². The first kappa shape index (κ1) is 12.9. The van der Waals surface area contributed by atoms with E-state index in [0.29, 0.717) is 6.04 Å². The summed E-state index contributed by atoms with van der Waals surface area (Å²) in [6.07, 6.45) is 13.0. The second kappa shape index (κ2) is 5.92. The first-order chi connectivity index (χ1) is 8.81. The molecule has 2 heteroatoms. The normalized spacial score (nSPS) is 27.7. The highest BCUT2D eigenvalue weighted by Crippen LogP contribution is 2.34. The maximum absolute atomic E-state index is 6.50. The SMILES string of the molecule is NC(CN(CC1CC1)CC1CC1)C1CCCCC1. The molecule has 1 unspecified atom stereocenters. The van der Waals surface area contributed by atoms with E-state index in [1.165, 1.54) is 77.4 Å². The lowest BCUT2D eigenvalue weighted by Crippen LogP contribution is -2.44. The van der Waals surface area contributed by atoms with E-state index in [9.17, 15) is 0 Å². The van der Waals surface area contributed by atoms with Crippen molar-refractivity contribution < 1.29 is 0 Å². The van der Waals surface area contributed by atoms with Crippen molar-refractivity contribution in [3.63, 3.8) is 0 Å². The average molecular weight is 250 g/mol. The van der Waals surface area contributed by atoms with Crippen LogP contribution < -0.4 is 5.73 Å². The van der Waals surface area contributed by atoms with Crippen LogP contribution in [0.15, 0.2) is 0 Å². The lowest BCUT2D eigenvalue weighted by atomic mass is 9.84. The van der Waals surface area contributed by atoms with Gasteiger partial charge in [-0.15, -0.1) is 0 Å². The van der Waals surface area contributed by atoms with E-state index in [-0.39, 0.29) is 0 Å². The third-order valence-corrected chi connectivity index (χ3v) is 5.15. The number of hydrogen-bond acceptors (Lipinski definition) is 2. The van der Waals surface area contributed by atoms with Gasteiger partial charge in [0.25, 0.3) is 0 Å². The van der Waals surface area contributed by atoms with Crippen LogP contribution in [0.4, 0.5) is 0 Å². The van der Waals surface area contributed by atoms with Crippen molar-refractivity contribution in [2.24, 2.45) is 23.5 Å². The summed E-state index contributed by atoms with van der Waals surface area (Å²) in [4.78, 5) is 2.72. The maximum atomic E-state index is 6.50. The fourth-order valence-electron chi connectivity index (χ4n) is 3.56. The number of rotatable bonds is 7. The van der Waals surface area contributed by atoms with Gasteiger partial charge in [-0.25, -0.2) is 0 Å². The molecule has 3 rings (SSSR count). The molecule has 3 aliphatic carbocycles. The minimum Gasteiger partial charge on any atom is -0.326 e. The summed E-state index contributed by atoms with van der Waals surface area (Å²) >= 11 is 0. The predicted molar refractivity (Wildman–Crippen MR) is 76.4 cm³/mol. The van der Waals surface area contributed by atoms with Crippen LogP contribution in [0, 0.1) is 17.8 Å². The van der Waals surface area contributed by atoms with E-state index in [2.05, 4.69) is 4.90 Å². The number of nitrogens with two attached hydrogens (primary N) is 1. The Balaban J connectivity index is 1.46. The number of hydrogen-bond donors (Lipinski definition) is 1. The Hall–Kier alpha value is -0.0800. The molecule has 0 bridgehead atoms. The van der Waals surface area contributed by atoms with Crippen LogP contribution in [-0.4, -0.2) is 30.6 Å². The summed E-state index contributed by atoms with van der Waals surface area (Å²) < 4.78 is 0. The third kappa shape index (κ3) is 3.96. The van der Waals surface area contributed by atoms with Crippen molar-refractivity contribution >= 4 is 0 Å². The molecule has 0 heterocycles. The summed E-state index contributed by atoms with van der Waals surface area (Å²) in [5.41, 5.74) is 6.50.